The summed E-state index contributed by atoms with van der Waals surface area (Å²) in [6.07, 6.45) is -4.86. The number of hydrogen-bond acceptors (Lipinski definition) is 9. The maximum absolute atomic E-state index is 14.0. The van der Waals surface area contributed by atoms with Crippen LogP contribution in [0, 0.1) is 0 Å². The average molecular weight is 463 g/mol. The molecular formula is C23H29NO9. The number of aliphatic hydroxyl groups is 2. The summed E-state index contributed by atoms with van der Waals surface area (Å²) >= 11 is 0. The number of aliphatic hydroxyl groups excluding tert-OH is 2. The van der Waals surface area contributed by atoms with E-state index in [1.54, 1.807) is 13.0 Å². The second kappa shape index (κ2) is 7.46. The summed E-state index contributed by atoms with van der Waals surface area (Å²) in [7, 11) is 1.86. The molecule has 3 saturated heterocycles. The number of ether oxygens (including phenoxy) is 3. The van der Waals surface area contributed by atoms with Gasteiger partial charge in [0.1, 0.15) is 18.0 Å². The highest BCUT2D eigenvalue weighted by Gasteiger charge is 2.88. The van der Waals surface area contributed by atoms with E-state index in [-0.39, 0.29) is 29.0 Å². The third-order valence-electron chi connectivity index (χ3n) is 7.90. The first kappa shape index (κ1) is 22.7. The molecule has 9 atom stereocenters. The number of rotatable bonds is 4. The first-order valence-electron chi connectivity index (χ1n) is 11.3. The molecule has 1 aliphatic carbocycles. The van der Waals surface area contributed by atoms with Crippen LogP contribution >= 0.6 is 0 Å². The van der Waals surface area contributed by atoms with Gasteiger partial charge in [0.25, 0.3) is 0 Å². The lowest BCUT2D eigenvalue weighted by Crippen LogP contribution is -2.63. The van der Waals surface area contributed by atoms with Crippen molar-refractivity contribution in [1.29, 1.82) is 0 Å². The second-order valence-electron chi connectivity index (χ2n) is 9.49. The predicted molar refractivity (Wildman–Crippen MR) is 112 cm³/mol. The Hall–Kier alpha value is -2.08. The number of carbonyl (C=O) groups is 2. The number of fused-ring (bicyclic) bond motifs is 1. The van der Waals surface area contributed by atoms with Crippen molar-refractivity contribution in [2.45, 2.75) is 87.0 Å². The fourth-order valence-electron chi connectivity index (χ4n) is 6.21. The maximum atomic E-state index is 14.0. The van der Waals surface area contributed by atoms with Crippen LogP contribution in [0.1, 0.15) is 66.8 Å². The Labute approximate surface area is 190 Å². The van der Waals surface area contributed by atoms with Gasteiger partial charge in [-0.3, -0.25) is 9.59 Å². The second-order valence-corrected chi connectivity index (χ2v) is 9.49. The molecule has 10 nitrogen and oxygen atoms in total. The third kappa shape index (κ3) is 2.82. The molecule has 0 spiro atoms. The van der Waals surface area contributed by atoms with Gasteiger partial charge >= 0.3 is 5.97 Å². The van der Waals surface area contributed by atoms with E-state index in [0.29, 0.717) is 12.0 Å². The van der Waals surface area contributed by atoms with E-state index in [4.69, 9.17) is 14.2 Å². The number of carbonyl (C=O) groups excluding carboxylic acids is 1. The number of Topliss-reactive ketones (excluding diaryl/α,β-unsaturated/α-hetero) is 1. The van der Waals surface area contributed by atoms with Crippen LogP contribution in [0.2, 0.25) is 0 Å². The van der Waals surface area contributed by atoms with Crippen molar-refractivity contribution in [2.24, 2.45) is 0 Å². The van der Waals surface area contributed by atoms with Gasteiger partial charge in [-0.05, 0) is 45.4 Å². The minimum absolute atomic E-state index is 0.0250. The van der Waals surface area contributed by atoms with Crippen LogP contribution in [0.5, 0.6) is 5.75 Å². The minimum Gasteiger partial charge on any atom is -0.508 e. The number of hydrogen-bond donors (Lipinski definition) is 5. The van der Waals surface area contributed by atoms with E-state index in [2.05, 4.69) is 5.32 Å². The molecule has 0 radical (unpaired) electrons. The highest BCUT2D eigenvalue weighted by atomic mass is 16.7. The van der Waals surface area contributed by atoms with Crippen molar-refractivity contribution in [2.75, 3.05) is 7.05 Å². The van der Waals surface area contributed by atoms with Gasteiger partial charge in [-0.15, -0.1) is 0 Å². The van der Waals surface area contributed by atoms with Gasteiger partial charge in [-0.25, -0.2) is 0 Å². The van der Waals surface area contributed by atoms with E-state index in [1.165, 1.54) is 6.07 Å². The Morgan fingerprint density at radius 1 is 1.21 bits per heavy atom. The Bertz CT molecular complexity index is 1010. The Morgan fingerprint density at radius 2 is 1.94 bits per heavy atom. The number of likely N-dealkylation sites (N-methyl/N-ethyl adjacent to an activating group) is 1. The summed E-state index contributed by atoms with van der Waals surface area (Å²) in [6.45, 7) is 3.50. The molecule has 0 saturated carbocycles. The van der Waals surface area contributed by atoms with Crippen LogP contribution in [0.4, 0.5) is 0 Å². The third-order valence-corrected chi connectivity index (χ3v) is 7.90. The summed E-state index contributed by atoms with van der Waals surface area (Å²) in [5.74, 6) is -2.06. The fourth-order valence-corrected chi connectivity index (χ4v) is 6.21. The van der Waals surface area contributed by atoms with Crippen LogP contribution < -0.4 is 5.32 Å². The Balaban J connectivity index is 1.61. The van der Waals surface area contributed by atoms with E-state index < -0.39 is 59.9 Å². The summed E-state index contributed by atoms with van der Waals surface area (Å²) in [4.78, 5) is 25.3. The summed E-state index contributed by atoms with van der Waals surface area (Å²) < 4.78 is 17.8. The lowest BCUT2D eigenvalue weighted by molar-refractivity contribution is -0.162. The van der Waals surface area contributed by atoms with Crippen molar-refractivity contribution in [3.8, 4) is 5.75 Å². The Kier molecular flexibility index (Phi) is 5.13. The maximum Gasteiger partial charge on any atom is 0.306 e. The number of nitrogens with one attached hydrogen (secondary N) is 1. The number of phenolic OH excluding ortho intramolecular Hbond substituents is 1. The molecule has 0 aromatic heterocycles. The number of aliphatic carboxylic acids is 1. The first-order chi connectivity index (χ1) is 15.6. The highest BCUT2D eigenvalue weighted by Crippen LogP contribution is 2.68. The zero-order valence-corrected chi connectivity index (χ0v) is 18.6. The van der Waals surface area contributed by atoms with Gasteiger partial charge in [0.15, 0.2) is 11.2 Å². The average Bonchev–Trinajstić information content (AvgIpc) is 3.50. The van der Waals surface area contributed by atoms with Crippen LogP contribution in [0.25, 0.3) is 0 Å². The largest absolute Gasteiger partial charge is 0.508 e. The summed E-state index contributed by atoms with van der Waals surface area (Å²) in [5.41, 5.74) is -2.87. The number of carboxylic acids is 1. The molecule has 1 aromatic carbocycles. The van der Waals surface area contributed by atoms with Gasteiger partial charge in [0, 0.05) is 17.2 Å². The summed E-state index contributed by atoms with van der Waals surface area (Å²) in [5, 5.41) is 45.5. The van der Waals surface area contributed by atoms with Crippen molar-refractivity contribution >= 4 is 11.8 Å². The smallest absolute Gasteiger partial charge is 0.306 e. The van der Waals surface area contributed by atoms with E-state index in [0.717, 1.165) is 6.42 Å². The molecule has 180 valence electrons. The topological polar surface area (TPSA) is 158 Å². The predicted octanol–water partition coefficient (Wildman–Crippen LogP) is 0.581. The molecule has 1 aromatic rings. The standard InChI is InChI=1S/C23H29NO9/c1-9-12(24-3)5-7-14(31-9)11-4-6-13(25)18-17(11)20(29)23-19(28)15(8-16(26)27)32-10(2)22(23,33-23)21(18)30/h4,6,9-10,12,14-15,19,21,24-25,28,30H,5,7-8H2,1-3H3,(H,26,27)/t9-,10-,12+,14-,15-,19+,21+,22+,23-/m1/s1. The molecule has 5 N–H and O–H groups in total. The number of phenols is 1. The van der Waals surface area contributed by atoms with Crippen LogP contribution in [0.3, 0.4) is 0 Å². The van der Waals surface area contributed by atoms with Crippen molar-refractivity contribution in [3.05, 3.63) is 28.8 Å². The zero-order valence-electron chi connectivity index (χ0n) is 18.6. The minimum atomic E-state index is -1.85. The van der Waals surface area contributed by atoms with Gasteiger partial charge in [-0.2, -0.15) is 0 Å². The molecular weight excluding hydrogens is 434 g/mol. The van der Waals surface area contributed by atoms with Crippen molar-refractivity contribution in [3.63, 3.8) is 0 Å². The highest BCUT2D eigenvalue weighted by molar-refractivity contribution is 6.11. The molecule has 10 heteroatoms. The SMILES string of the molecule is CN[C@H]1CC[C@H](c2ccc(O)c3c2C(=O)[C@@]24O[C@@]2([C@@H](C)O[C@H](CC(=O)O)[C@@H]4O)[C@H]3O)O[C@@H]1C. The normalized spacial score (nSPS) is 43.9. The van der Waals surface area contributed by atoms with Gasteiger partial charge in [-0.1, -0.05) is 6.07 Å². The monoisotopic (exact) mass is 463 g/mol. The van der Waals surface area contributed by atoms with E-state index >= 15 is 0 Å². The van der Waals surface area contributed by atoms with Gasteiger partial charge in [0.2, 0.25) is 5.78 Å². The van der Waals surface area contributed by atoms with Crippen molar-refractivity contribution in [1.82, 2.24) is 5.32 Å². The molecule has 3 fully saturated rings. The van der Waals surface area contributed by atoms with E-state index in [9.17, 15) is 30.0 Å². The van der Waals surface area contributed by atoms with Crippen LogP contribution in [0.15, 0.2) is 12.1 Å². The molecule has 0 bridgehead atoms. The molecule has 5 rings (SSSR count). The van der Waals surface area contributed by atoms with Gasteiger partial charge in [0.05, 0.1) is 30.8 Å². The number of ketones is 1. The lowest BCUT2D eigenvalue weighted by Gasteiger charge is -2.44. The number of aromatic hydroxyl groups is 1. The number of benzene rings is 1. The quantitative estimate of drug-likeness (QED) is 0.400. The molecule has 0 unspecified atom stereocenters. The molecule has 0 amide bonds. The Morgan fingerprint density at radius 3 is 2.58 bits per heavy atom. The lowest BCUT2D eigenvalue weighted by atomic mass is 9.64. The zero-order chi connectivity index (χ0) is 23.9. The fraction of sp³-hybridized carbons (Fsp3) is 0.652. The first-order valence-corrected chi connectivity index (χ1v) is 11.3. The summed E-state index contributed by atoms with van der Waals surface area (Å²) in [6, 6.07) is 3.18. The molecule has 3 heterocycles. The molecule has 33 heavy (non-hydrogen) atoms. The number of carboxylic acid groups (broad SMARTS) is 1. The van der Waals surface area contributed by atoms with Gasteiger partial charge < -0.3 is 40.0 Å². The molecule has 3 aliphatic heterocycles. The van der Waals surface area contributed by atoms with Crippen LogP contribution in [-0.4, -0.2) is 80.9 Å². The van der Waals surface area contributed by atoms with Crippen LogP contribution in [-0.2, 0) is 19.0 Å². The number of epoxide rings is 1. The van der Waals surface area contributed by atoms with Crippen molar-refractivity contribution < 1.29 is 44.2 Å². The van der Waals surface area contributed by atoms with E-state index in [1.807, 2.05) is 14.0 Å². The molecule has 4 aliphatic rings.